The van der Waals surface area contributed by atoms with Crippen molar-refractivity contribution in [2.24, 2.45) is 0 Å². The highest BCUT2D eigenvalue weighted by Gasteiger charge is 2.24. The Labute approximate surface area is 172 Å². The van der Waals surface area contributed by atoms with Crippen molar-refractivity contribution in [2.45, 2.75) is 32.4 Å². The van der Waals surface area contributed by atoms with Crippen LogP contribution in [0.3, 0.4) is 0 Å². The minimum Gasteiger partial charge on any atom is -0.487 e. The van der Waals surface area contributed by atoms with Crippen molar-refractivity contribution in [3.63, 3.8) is 0 Å². The fraction of sp³-hybridized carbons (Fsp3) is 0.238. The van der Waals surface area contributed by atoms with E-state index in [4.69, 9.17) is 4.74 Å². The van der Waals surface area contributed by atoms with Crippen LogP contribution >= 0.6 is 11.7 Å². The van der Waals surface area contributed by atoms with Crippen LogP contribution in [0.5, 0.6) is 5.75 Å². The summed E-state index contributed by atoms with van der Waals surface area (Å²) < 4.78 is 13.7. The first-order valence-corrected chi connectivity index (χ1v) is 10.0. The van der Waals surface area contributed by atoms with Gasteiger partial charge in [0.15, 0.2) is 0 Å². The number of amides is 2. The molecule has 1 aliphatic carbocycles. The minimum atomic E-state index is -0.270. The summed E-state index contributed by atoms with van der Waals surface area (Å²) in [6.45, 7) is 2.18. The van der Waals surface area contributed by atoms with Crippen molar-refractivity contribution in [3.8, 4) is 5.75 Å². The van der Waals surface area contributed by atoms with Gasteiger partial charge < -0.3 is 15.4 Å². The molecule has 1 fully saturated rings. The molecule has 8 heteroatoms. The van der Waals surface area contributed by atoms with Crippen molar-refractivity contribution in [3.05, 3.63) is 71.0 Å². The van der Waals surface area contributed by atoms with E-state index < -0.39 is 0 Å². The van der Waals surface area contributed by atoms with Crippen molar-refractivity contribution in [1.82, 2.24) is 14.1 Å². The second kappa shape index (κ2) is 8.40. The minimum absolute atomic E-state index is 0.116. The molecule has 1 heterocycles. The summed E-state index contributed by atoms with van der Waals surface area (Å²) in [5.74, 6) is 0.184. The maximum absolute atomic E-state index is 12.7. The van der Waals surface area contributed by atoms with E-state index in [1.165, 1.54) is 0 Å². The van der Waals surface area contributed by atoms with E-state index in [0.717, 1.165) is 35.8 Å². The Bertz CT molecular complexity index is 1030. The average molecular weight is 408 g/mol. The fourth-order valence-corrected chi connectivity index (χ4v) is 3.14. The predicted octanol–water partition coefficient (Wildman–Crippen LogP) is 3.57. The van der Waals surface area contributed by atoms with Gasteiger partial charge in [-0.25, -0.2) is 0 Å². The number of aromatic nitrogens is 2. The number of nitrogens with one attached hydrogen (secondary N) is 2. The number of hydrogen-bond donors (Lipinski definition) is 2. The van der Waals surface area contributed by atoms with E-state index in [0.29, 0.717) is 29.2 Å². The summed E-state index contributed by atoms with van der Waals surface area (Å²) in [5, 5.41) is 5.85. The van der Waals surface area contributed by atoms with Gasteiger partial charge in [-0.3, -0.25) is 9.59 Å². The lowest BCUT2D eigenvalue weighted by atomic mass is 10.1. The molecule has 2 amide bonds. The zero-order chi connectivity index (χ0) is 20.2. The molecule has 0 radical (unpaired) electrons. The van der Waals surface area contributed by atoms with Gasteiger partial charge in [0, 0.05) is 22.9 Å². The largest absolute Gasteiger partial charge is 0.487 e. The lowest BCUT2D eigenvalue weighted by Gasteiger charge is -2.12. The zero-order valence-electron chi connectivity index (χ0n) is 15.8. The monoisotopic (exact) mass is 408 g/mol. The van der Waals surface area contributed by atoms with Gasteiger partial charge in [0.05, 0.1) is 17.9 Å². The Balaban J connectivity index is 1.44. The number of aryl methyl sites for hydroxylation is 1. The topological polar surface area (TPSA) is 93.2 Å². The number of anilines is 1. The van der Waals surface area contributed by atoms with Crippen LogP contribution in [0, 0.1) is 6.92 Å². The highest BCUT2D eigenvalue weighted by Crippen LogP contribution is 2.22. The highest BCUT2D eigenvalue weighted by molar-refractivity contribution is 6.99. The second-order valence-electron chi connectivity index (χ2n) is 6.95. The molecule has 2 N–H and O–H groups in total. The van der Waals surface area contributed by atoms with Crippen LogP contribution in [0.4, 0.5) is 5.69 Å². The maximum atomic E-state index is 12.7. The molecule has 2 aromatic carbocycles. The number of carbonyl (C=O) groups excluding carboxylic acids is 2. The molecule has 7 nitrogen and oxygen atoms in total. The van der Waals surface area contributed by atoms with Gasteiger partial charge in [-0.1, -0.05) is 12.1 Å². The first kappa shape index (κ1) is 19.1. The molecular formula is C21H20N4O3S. The molecule has 0 unspecified atom stereocenters. The molecule has 0 bridgehead atoms. The van der Waals surface area contributed by atoms with Crippen molar-refractivity contribution >= 4 is 29.2 Å². The number of rotatable bonds is 7. The molecule has 0 saturated heterocycles. The predicted molar refractivity (Wildman–Crippen MR) is 110 cm³/mol. The fourth-order valence-electron chi connectivity index (χ4n) is 2.72. The summed E-state index contributed by atoms with van der Waals surface area (Å²) in [7, 11) is 0. The standard InChI is InChI=1S/C21H20N4O3S/c1-13-5-6-15(20(26)23-16-7-8-16)10-19(13)24-21(27)14-3-2-4-18(9-14)28-12-17-11-22-29-25-17/h2-6,9-11,16H,7-8,12H2,1H3,(H,23,26)(H,24,27). The van der Waals surface area contributed by atoms with Crippen LogP contribution < -0.4 is 15.4 Å². The molecule has 148 valence electrons. The van der Waals surface area contributed by atoms with Crippen LogP contribution in [0.25, 0.3) is 0 Å². The Kier molecular flexibility index (Phi) is 5.53. The molecule has 29 heavy (non-hydrogen) atoms. The number of benzene rings is 2. The molecule has 0 atom stereocenters. The van der Waals surface area contributed by atoms with Crippen LogP contribution in [-0.4, -0.2) is 26.6 Å². The maximum Gasteiger partial charge on any atom is 0.255 e. The molecule has 1 saturated carbocycles. The van der Waals surface area contributed by atoms with Crippen LogP contribution in [0.15, 0.2) is 48.7 Å². The molecule has 1 aliphatic rings. The molecule has 0 aliphatic heterocycles. The molecule has 0 spiro atoms. The second-order valence-corrected chi connectivity index (χ2v) is 7.50. The average Bonchev–Trinajstić information content (AvgIpc) is 3.38. The van der Waals surface area contributed by atoms with E-state index >= 15 is 0 Å². The van der Waals surface area contributed by atoms with Crippen molar-refractivity contribution < 1.29 is 14.3 Å². The van der Waals surface area contributed by atoms with Crippen LogP contribution in [0.2, 0.25) is 0 Å². The van der Waals surface area contributed by atoms with E-state index in [1.807, 2.05) is 13.0 Å². The summed E-state index contributed by atoms with van der Waals surface area (Å²) >= 11 is 1.12. The third kappa shape index (κ3) is 4.97. The summed E-state index contributed by atoms with van der Waals surface area (Å²) in [5.41, 5.74) is 3.22. The number of ether oxygens (including phenoxy) is 1. The highest BCUT2D eigenvalue weighted by atomic mass is 32.1. The number of carbonyl (C=O) groups is 2. The van der Waals surface area contributed by atoms with Gasteiger partial charge in [-0.05, 0) is 55.7 Å². The van der Waals surface area contributed by atoms with Crippen LogP contribution in [-0.2, 0) is 6.61 Å². The molecule has 3 aromatic rings. The van der Waals surface area contributed by atoms with E-state index in [1.54, 1.807) is 42.6 Å². The first-order chi connectivity index (χ1) is 14.1. The normalized spacial score (nSPS) is 13.0. The Morgan fingerprint density at radius 2 is 1.97 bits per heavy atom. The van der Waals surface area contributed by atoms with Gasteiger partial charge in [0.25, 0.3) is 11.8 Å². The molecule has 4 rings (SSSR count). The van der Waals surface area contributed by atoms with E-state index in [9.17, 15) is 9.59 Å². The molecule has 1 aromatic heterocycles. The summed E-state index contributed by atoms with van der Waals surface area (Å²) in [6, 6.07) is 12.5. The number of hydrogen-bond acceptors (Lipinski definition) is 6. The molecular weight excluding hydrogens is 388 g/mol. The summed E-state index contributed by atoms with van der Waals surface area (Å²) in [4.78, 5) is 25.0. The van der Waals surface area contributed by atoms with Gasteiger partial charge in [0.1, 0.15) is 18.1 Å². The van der Waals surface area contributed by atoms with Gasteiger partial charge >= 0.3 is 0 Å². The lowest BCUT2D eigenvalue weighted by molar-refractivity contribution is 0.0949. The van der Waals surface area contributed by atoms with Crippen LogP contribution in [0.1, 0.15) is 44.8 Å². The van der Waals surface area contributed by atoms with Gasteiger partial charge in [-0.15, -0.1) is 0 Å². The smallest absolute Gasteiger partial charge is 0.255 e. The van der Waals surface area contributed by atoms with Crippen molar-refractivity contribution in [2.75, 3.05) is 5.32 Å². The van der Waals surface area contributed by atoms with E-state index in [2.05, 4.69) is 19.4 Å². The van der Waals surface area contributed by atoms with Crippen molar-refractivity contribution in [1.29, 1.82) is 0 Å². The Morgan fingerprint density at radius 1 is 1.14 bits per heavy atom. The van der Waals surface area contributed by atoms with E-state index in [-0.39, 0.29) is 17.9 Å². The lowest BCUT2D eigenvalue weighted by Crippen LogP contribution is -2.25. The first-order valence-electron chi connectivity index (χ1n) is 9.30. The quantitative estimate of drug-likeness (QED) is 0.623. The SMILES string of the molecule is Cc1ccc(C(=O)NC2CC2)cc1NC(=O)c1cccc(OCc2cnsn2)c1. The Morgan fingerprint density at radius 3 is 2.72 bits per heavy atom. The van der Waals surface area contributed by atoms with Gasteiger partial charge in [-0.2, -0.15) is 8.75 Å². The summed E-state index contributed by atoms with van der Waals surface area (Å²) in [6.07, 6.45) is 3.70. The third-order valence-corrected chi connectivity index (χ3v) is 5.07. The number of nitrogens with zero attached hydrogens (tertiary/aromatic N) is 2. The zero-order valence-corrected chi connectivity index (χ0v) is 16.7. The third-order valence-electron chi connectivity index (χ3n) is 4.55. The van der Waals surface area contributed by atoms with Gasteiger partial charge in [0.2, 0.25) is 0 Å². The Hall–Kier alpha value is -3.26.